The number of nitrogen functional groups attached to an aromatic ring is 1. The fraction of sp³-hybridized carbons (Fsp3) is 0. The number of H-pyrrole nitrogens is 1. The number of aromatic amines is 1. The van der Waals surface area contributed by atoms with Crippen molar-refractivity contribution in [2.75, 3.05) is 5.73 Å². The van der Waals surface area contributed by atoms with E-state index in [4.69, 9.17) is 29.6 Å². The lowest BCUT2D eigenvalue weighted by Gasteiger charge is -2.05. The smallest absolute Gasteiger partial charge is 0.198 e. The van der Waals surface area contributed by atoms with E-state index < -0.39 is 0 Å². The minimum Gasteiger partial charge on any atom is -0.383 e. The Kier molecular flexibility index (Phi) is 2.70. The summed E-state index contributed by atoms with van der Waals surface area (Å²) in [5, 5.41) is 0.636. The molecule has 0 unspecified atom stereocenters. The lowest BCUT2D eigenvalue weighted by atomic mass is 10.1. The van der Waals surface area contributed by atoms with Gasteiger partial charge in [-0.2, -0.15) is 0 Å². The first-order valence-corrected chi connectivity index (χ1v) is 5.07. The first kappa shape index (κ1) is 10.1. The molecule has 1 aromatic heterocycles. The molecular formula is C10H8ClN3S. The number of aromatic nitrogens is 2. The number of hydrogen-bond acceptors (Lipinski definition) is 3. The van der Waals surface area contributed by atoms with Crippen LogP contribution in [0.15, 0.2) is 30.5 Å². The third-order valence-electron chi connectivity index (χ3n) is 2.00. The molecule has 0 saturated carbocycles. The van der Waals surface area contributed by atoms with Crippen molar-refractivity contribution in [3.63, 3.8) is 0 Å². The van der Waals surface area contributed by atoms with E-state index in [0.717, 1.165) is 11.1 Å². The summed E-state index contributed by atoms with van der Waals surface area (Å²) in [5.41, 5.74) is 7.37. The molecule has 0 bridgehead atoms. The highest BCUT2D eigenvalue weighted by Gasteiger charge is 2.06. The van der Waals surface area contributed by atoms with Gasteiger partial charge in [0, 0.05) is 22.3 Å². The Hall–Kier alpha value is -1.39. The van der Waals surface area contributed by atoms with Gasteiger partial charge in [0.15, 0.2) is 4.77 Å². The Labute approximate surface area is 96.9 Å². The van der Waals surface area contributed by atoms with Gasteiger partial charge in [0.25, 0.3) is 0 Å². The summed E-state index contributed by atoms with van der Waals surface area (Å²) in [6.45, 7) is 0. The molecule has 0 atom stereocenters. The minimum absolute atomic E-state index is 0.364. The van der Waals surface area contributed by atoms with Gasteiger partial charge < -0.3 is 10.7 Å². The Morgan fingerprint density at radius 3 is 2.67 bits per heavy atom. The second-order valence-corrected chi connectivity index (χ2v) is 3.78. The molecule has 2 rings (SSSR count). The fourth-order valence-electron chi connectivity index (χ4n) is 1.31. The molecule has 0 fully saturated rings. The van der Waals surface area contributed by atoms with Crippen LogP contribution in [0.2, 0.25) is 5.02 Å². The lowest BCUT2D eigenvalue weighted by molar-refractivity contribution is 1.15. The molecule has 0 aliphatic carbocycles. The highest BCUT2D eigenvalue weighted by Crippen LogP contribution is 2.29. The van der Waals surface area contributed by atoms with E-state index >= 15 is 0 Å². The Morgan fingerprint density at radius 1 is 1.27 bits per heavy atom. The zero-order chi connectivity index (χ0) is 10.8. The molecule has 0 radical (unpaired) electrons. The number of hydrogen-bond donors (Lipinski definition) is 2. The fourth-order valence-corrected chi connectivity index (χ4v) is 1.70. The standard InChI is InChI=1S/C10H8ClN3S/c11-8-4-2-1-3-6(8)7-5-13-10(15)14-9(7)12/h1-5H,(H3,12,13,14,15). The van der Waals surface area contributed by atoms with Gasteiger partial charge in [-0.05, 0) is 18.3 Å². The summed E-state index contributed by atoms with van der Waals surface area (Å²) in [4.78, 5) is 6.80. The molecule has 0 spiro atoms. The number of nitrogens with zero attached hydrogens (tertiary/aromatic N) is 1. The van der Waals surface area contributed by atoms with Gasteiger partial charge in [-0.1, -0.05) is 29.8 Å². The molecule has 1 aromatic carbocycles. The van der Waals surface area contributed by atoms with Gasteiger partial charge in [-0.15, -0.1) is 0 Å². The van der Waals surface area contributed by atoms with Crippen molar-refractivity contribution < 1.29 is 0 Å². The summed E-state index contributed by atoms with van der Waals surface area (Å²) in [6.07, 6.45) is 1.71. The normalized spacial score (nSPS) is 10.2. The molecule has 0 amide bonds. The van der Waals surface area contributed by atoms with Crippen LogP contribution in [0.1, 0.15) is 0 Å². The van der Waals surface area contributed by atoms with E-state index in [2.05, 4.69) is 9.97 Å². The van der Waals surface area contributed by atoms with Crippen molar-refractivity contribution in [2.45, 2.75) is 0 Å². The number of anilines is 1. The molecule has 3 N–H and O–H groups in total. The van der Waals surface area contributed by atoms with Crippen LogP contribution in [-0.2, 0) is 0 Å². The Bertz CT molecular complexity index is 550. The van der Waals surface area contributed by atoms with Gasteiger partial charge >= 0.3 is 0 Å². The highest BCUT2D eigenvalue weighted by atomic mass is 35.5. The molecular weight excluding hydrogens is 230 g/mol. The van der Waals surface area contributed by atoms with E-state index in [1.807, 2.05) is 18.2 Å². The van der Waals surface area contributed by atoms with Crippen LogP contribution < -0.4 is 5.73 Å². The van der Waals surface area contributed by atoms with Gasteiger partial charge in [-0.25, -0.2) is 4.98 Å². The van der Waals surface area contributed by atoms with Crippen LogP contribution >= 0.6 is 23.8 Å². The van der Waals surface area contributed by atoms with Crippen LogP contribution in [0.25, 0.3) is 11.1 Å². The monoisotopic (exact) mass is 237 g/mol. The van der Waals surface area contributed by atoms with Gasteiger partial charge in [0.05, 0.1) is 0 Å². The predicted molar refractivity (Wildman–Crippen MR) is 64.3 cm³/mol. The van der Waals surface area contributed by atoms with Crippen LogP contribution in [0.4, 0.5) is 5.82 Å². The zero-order valence-electron chi connectivity index (χ0n) is 7.70. The van der Waals surface area contributed by atoms with E-state index in [9.17, 15) is 0 Å². The van der Waals surface area contributed by atoms with E-state index in [1.165, 1.54) is 0 Å². The average Bonchev–Trinajstić information content (AvgIpc) is 2.20. The summed E-state index contributed by atoms with van der Waals surface area (Å²) in [7, 11) is 0. The molecule has 0 aliphatic heterocycles. The SMILES string of the molecule is Nc1nc(=S)[nH]cc1-c1ccccc1Cl. The van der Waals surface area contributed by atoms with Crippen LogP contribution in [0.5, 0.6) is 0 Å². The third kappa shape index (κ3) is 2.00. The van der Waals surface area contributed by atoms with Crippen LogP contribution in [0.3, 0.4) is 0 Å². The van der Waals surface area contributed by atoms with E-state index in [-0.39, 0.29) is 0 Å². The van der Waals surface area contributed by atoms with Crippen molar-refractivity contribution in [3.05, 3.63) is 40.3 Å². The molecule has 3 nitrogen and oxygen atoms in total. The molecule has 2 aromatic rings. The molecule has 0 saturated heterocycles. The molecule has 1 heterocycles. The Balaban J connectivity index is 2.65. The molecule has 15 heavy (non-hydrogen) atoms. The van der Waals surface area contributed by atoms with Crippen molar-refractivity contribution in [1.29, 1.82) is 0 Å². The number of halogens is 1. The van der Waals surface area contributed by atoms with E-state index in [0.29, 0.717) is 15.6 Å². The largest absolute Gasteiger partial charge is 0.383 e. The maximum atomic E-state index is 6.05. The van der Waals surface area contributed by atoms with Crippen molar-refractivity contribution in [1.82, 2.24) is 9.97 Å². The second-order valence-electron chi connectivity index (χ2n) is 2.98. The summed E-state index contributed by atoms with van der Waals surface area (Å²) in [6, 6.07) is 7.44. The predicted octanol–water partition coefficient (Wildman–Crippen LogP) is 3.04. The number of nitrogens with one attached hydrogen (secondary N) is 1. The first-order valence-electron chi connectivity index (χ1n) is 4.28. The maximum Gasteiger partial charge on any atom is 0.198 e. The van der Waals surface area contributed by atoms with Crippen molar-refractivity contribution >= 4 is 29.6 Å². The summed E-state index contributed by atoms with van der Waals surface area (Å²) < 4.78 is 0.364. The summed E-state index contributed by atoms with van der Waals surface area (Å²) >= 11 is 10.9. The van der Waals surface area contributed by atoms with Gasteiger partial charge in [0.2, 0.25) is 0 Å². The maximum absolute atomic E-state index is 6.05. The van der Waals surface area contributed by atoms with Gasteiger partial charge in [-0.3, -0.25) is 0 Å². The van der Waals surface area contributed by atoms with Gasteiger partial charge in [0.1, 0.15) is 5.82 Å². The number of benzene rings is 1. The zero-order valence-corrected chi connectivity index (χ0v) is 9.27. The molecule has 5 heteroatoms. The van der Waals surface area contributed by atoms with Crippen LogP contribution in [-0.4, -0.2) is 9.97 Å². The topological polar surface area (TPSA) is 54.7 Å². The number of rotatable bonds is 1. The van der Waals surface area contributed by atoms with E-state index in [1.54, 1.807) is 12.3 Å². The second kappa shape index (κ2) is 4.00. The summed E-state index contributed by atoms with van der Waals surface area (Å²) in [5.74, 6) is 0.381. The molecule has 76 valence electrons. The minimum atomic E-state index is 0.364. The van der Waals surface area contributed by atoms with Crippen LogP contribution in [0, 0.1) is 4.77 Å². The average molecular weight is 238 g/mol. The third-order valence-corrected chi connectivity index (χ3v) is 2.54. The Morgan fingerprint density at radius 2 is 2.00 bits per heavy atom. The van der Waals surface area contributed by atoms with Crippen molar-refractivity contribution in [2.24, 2.45) is 0 Å². The lowest BCUT2D eigenvalue weighted by Crippen LogP contribution is -1.96. The quantitative estimate of drug-likeness (QED) is 0.750. The van der Waals surface area contributed by atoms with Crippen molar-refractivity contribution in [3.8, 4) is 11.1 Å². The molecule has 0 aliphatic rings. The highest BCUT2D eigenvalue weighted by molar-refractivity contribution is 7.71. The first-order chi connectivity index (χ1) is 7.18. The number of nitrogens with two attached hydrogens (primary N) is 1.